The molecule has 1 aromatic rings. The summed E-state index contributed by atoms with van der Waals surface area (Å²) in [5.74, 6) is 0.944. The molecule has 0 atom stereocenters. The third kappa shape index (κ3) is 2.51. The van der Waals surface area contributed by atoms with E-state index in [1.807, 2.05) is 32.0 Å². The first-order chi connectivity index (χ1) is 8.63. The van der Waals surface area contributed by atoms with Gasteiger partial charge in [-0.3, -0.25) is 15.1 Å². The Labute approximate surface area is 111 Å². The molecule has 1 fully saturated rings. The Morgan fingerprint density at radius 1 is 1.50 bits per heavy atom. The van der Waals surface area contributed by atoms with Crippen molar-refractivity contribution in [2.24, 2.45) is 0 Å². The quantitative estimate of drug-likeness (QED) is 0.909. The zero-order chi connectivity index (χ0) is 13.1. The highest BCUT2D eigenvalue weighted by Gasteiger charge is 2.30. The molecule has 1 amide bonds. The van der Waals surface area contributed by atoms with E-state index >= 15 is 0 Å². The highest BCUT2D eigenvalue weighted by Crippen LogP contribution is 2.34. The molecule has 1 heterocycles. The minimum Gasteiger partial charge on any atom is -0.491 e. The number of amides is 1. The maximum absolute atomic E-state index is 11.8. The first-order valence-corrected chi connectivity index (χ1v) is 6.89. The summed E-state index contributed by atoms with van der Waals surface area (Å²) < 4.78 is 5.65. The fourth-order valence-electron chi connectivity index (χ4n) is 1.75. The number of thioether (sulfide) groups is 1. The molecule has 96 valence electrons. The van der Waals surface area contributed by atoms with Gasteiger partial charge >= 0.3 is 0 Å². The van der Waals surface area contributed by atoms with Crippen molar-refractivity contribution < 1.29 is 9.53 Å². The van der Waals surface area contributed by atoms with E-state index in [4.69, 9.17) is 10.1 Å². The minimum absolute atomic E-state index is 0.0584. The van der Waals surface area contributed by atoms with Crippen molar-refractivity contribution in [3.05, 3.63) is 23.8 Å². The van der Waals surface area contributed by atoms with Crippen LogP contribution in [0.25, 0.3) is 0 Å². The summed E-state index contributed by atoms with van der Waals surface area (Å²) in [6.07, 6.45) is 0.910. The number of rotatable bonds is 4. The molecule has 0 radical (unpaired) electrons. The molecule has 0 bridgehead atoms. The van der Waals surface area contributed by atoms with Crippen LogP contribution < -0.4 is 9.64 Å². The van der Waals surface area contributed by atoms with Gasteiger partial charge in [0, 0.05) is 0 Å². The molecule has 0 unspecified atom stereocenters. The number of nitrogens with zero attached hydrogens (tertiary/aromatic N) is 1. The molecular weight excluding hydrogens is 248 g/mol. The molecule has 0 aromatic heterocycles. The van der Waals surface area contributed by atoms with Gasteiger partial charge in [0.25, 0.3) is 0 Å². The fourth-order valence-corrected chi connectivity index (χ4v) is 2.47. The molecule has 0 spiro atoms. The highest BCUT2D eigenvalue weighted by molar-refractivity contribution is 8.15. The van der Waals surface area contributed by atoms with E-state index in [0.717, 1.165) is 12.0 Å². The van der Waals surface area contributed by atoms with Crippen LogP contribution in [0.1, 0.15) is 18.9 Å². The number of aryl methyl sites for hydroxylation is 1. The van der Waals surface area contributed by atoms with Gasteiger partial charge in [-0.05, 0) is 31.0 Å². The largest absolute Gasteiger partial charge is 0.491 e. The van der Waals surface area contributed by atoms with Gasteiger partial charge in [-0.1, -0.05) is 24.8 Å². The summed E-state index contributed by atoms with van der Waals surface area (Å²) in [7, 11) is 0. The molecule has 1 saturated heterocycles. The number of anilines is 1. The van der Waals surface area contributed by atoms with Crippen molar-refractivity contribution in [1.82, 2.24) is 0 Å². The van der Waals surface area contributed by atoms with E-state index in [-0.39, 0.29) is 11.1 Å². The van der Waals surface area contributed by atoms with E-state index in [2.05, 4.69) is 0 Å². The minimum atomic E-state index is -0.0584. The van der Waals surface area contributed by atoms with Crippen LogP contribution in [0.3, 0.4) is 0 Å². The molecule has 1 aliphatic rings. The normalized spacial score (nSPS) is 15.3. The number of carbonyl (C=O) groups excluding carboxylic acids is 1. The van der Waals surface area contributed by atoms with Gasteiger partial charge in [0.05, 0.1) is 18.0 Å². The van der Waals surface area contributed by atoms with Crippen LogP contribution >= 0.6 is 11.8 Å². The van der Waals surface area contributed by atoms with E-state index in [0.29, 0.717) is 23.8 Å². The van der Waals surface area contributed by atoms with Crippen LogP contribution in [0.5, 0.6) is 5.75 Å². The van der Waals surface area contributed by atoms with E-state index in [1.54, 1.807) is 0 Å². The maximum atomic E-state index is 11.8. The average molecular weight is 264 g/mol. The van der Waals surface area contributed by atoms with E-state index < -0.39 is 0 Å². The summed E-state index contributed by atoms with van der Waals surface area (Å²) in [5.41, 5.74) is 1.73. The number of amidine groups is 1. The van der Waals surface area contributed by atoms with Gasteiger partial charge in [-0.2, -0.15) is 0 Å². The Bertz CT molecular complexity index is 472. The van der Waals surface area contributed by atoms with Crippen LogP contribution in [0, 0.1) is 12.3 Å². The second-order valence-corrected chi connectivity index (χ2v) is 5.11. The van der Waals surface area contributed by atoms with Crippen molar-refractivity contribution in [3.63, 3.8) is 0 Å². The second kappa shape index (κ2) is 5.44. The Morgan fingerprint density at radius 3 is 2.89 bits per heavy atom. The summed E-state index contributed by atoms with van der Waals surface area (Å²) in [5, 5.41) is 8.10. The topological polar surface area (TPSA) is 53.4 Å². The Kier molecular flexibility index (Phi) is 3.91. The Morgan fingerprint density at radius 2 is 2.28 bits per heavy atom. The molecule has 5 heteroatoms. The van der Waals surface area contributed by atoms with Gasteiger partial charge in [0.1, 0.15) is 5.75 Å². The molecule has 0 saturated carbocycles. The second-order valence-electron chi connectivity index (χ2n) is 4.14. The number of benzene rings is 1. The van der Waals surface area contributed by atoms with Crippen LogP contribution in [0.15, 0.2) is 18.2 Å². The predicted octanol–water partition coefficient (Wildman–Crippen LogP) is 2.80. The number of nitrogens with one attached hydrogen (secondary N) is 1. The summed E-state index contributed by atoms with van der Waals surface area (Å²) in [6, 6.07) is 5.71. The first kappa shape index (κ1) is 13.0. The van der Waals surface area contributed by atoms with Crippen LogP contribution in [0.4, 0.5) is 5.69 Å². The lowest BCUT2D eigenvalue weighted by atomic mass is 10.2. The molecule has 1 N–H and O–H groups in total. The van der Waals surface area contributed by atoms with Crippen LogP contribution in [-0.4, -0.2) is 23.4 Å². The van der Waals surface area contributed by atoms with Gasteiger partial charge in [-0.25, -0.2) is 0 Å². The molecule has 1 aromatic carbocycles. The monoisotopic (exact) mass is 264 g/mol. The third-order valence-corrected chi connectivity index (χ3v) is 3.45. The number of hydrogen-bond acceptors (Lipinski definition) is 4. The number of carbonyl (C=O) groups is 1. The molecule has 0 aliphatic carbocycles. The summed E-state index contributed by atoms with van der Waals surface area (Å²) in [4.78, 5) is 13.3. The SMILES string of the molecule is CCCOc1ccc(C)cc1N1C(=N)SCC1=O. The molecule has 1 aliphatic heterocycles. The van der Waals surface area contributed by atoms with E-state index in [1.165, 1.54) is 16.7 Å². The molecule has 18 heavy (non-hydrogen) atoms. The van der Waals surface area contributed by atoms with Crippen LogP contribution in [0.2, 0.25) is 0 Å². The van der Waals surface area contributed by atoms with Gasteiger partial charge < -0.3 is 4.74 Å². The summed E-state index contributed by atoms with van der Waals surface area (Å²) in [6.45, 7) is 4.61. The van der Waals surface area contributed by atoms with Crippen molar-refractivity contribution in [3.8, 4) is 5.75 Å². The van der Waals surface area contributed by atoms with Crippen LogP contribution in [-0.2, 0) is 4.79 Å². The summed E-state index contributed by atoms with van der Waals surface area (Å²) >= 11 is 1.25. The lowest BCUT2D eigenvalue weighted by molar-refractivity contribution is -0.115. The standard InChI is InChI=1S/C13H16N2O2S/c1-3-6-17-11-5-4-9(2)7-10(11)15-12(16)8-18-13(15)14/h4-5,7,14H,3,6,8H2,1-2H3. The van der Waals surface area contributed by atoms with Crippen molar-refractivity contribution >= 4 is 28.5 Å². The molecule has 2 rings (SSSR count). The molecular formula is C13H16N2O2S. The lowest BCUT2D eigenvalue weighted by Crippen LogP contribution is -2.29. The van der Waals surface area contributed by atoms with E-state index in [9.17, 15) is 4.79 Å². The fraction of sp³-hybridized carbons (Fsp3) is 0.385. The Hall–Kier alpha value is -1.49. The predicted molar refractivity (Wildman–Crippen MR) is 74.6 cm³/mol. The number of ether oxygens (including phenoxy) is 1. The van der Waals surface area contributed by atoms with Crippen molar-refractivity contribution in [2.75, 3.05) is 17.3 Å². The van der Waals surface area contributed by atoms with Crippen molar-refractivity contribution in [1.29, 1.82) is 5.41 Å². The average Bonchev–Trinajstić information content (AvgIpc) is 2.67. The highest BCUT2D eigenvalue weighted by atomic mass is 32.2. The maximum Gasteiger partial charge on any atom is 0.243 e. The lowest BCUT2D eigenvalue weighted by Gasteiger charge is -2.19. The smallest absolute Gasteiger partial charge is 0.243 e. The van der Waals surface area contributed by atoms with Gasteiger partial charge in [0.2, 0.25) is 5.91 Å². The third-order valence-electron chi connectivity index (χ3n) is 2.60. The number of hydrogen-bond donors (Lipinski definition) is 1. The van der Waals surface area contributed by atoms with Gasteiger partial charge in [-0.15, -0.1) is 0 Å². The molecule has 4 nitrogen and oxygen atoms in total. The van der Waals surface area contributed by atoms with Gasteiger partial charge in [0.15, 0.2) is 5.17 Å². The zero-order valence-electron chi connectivity index (χ0n) is 10.5. The zero-order valence-corrected chi connectivity index (χ0v) is 11.3. The first-order valence-electron chi connectivity index (χ1n) is 5.91. The Balaban J connectivity index is 2.37. The van der Waals surface area contributed by atoms with Crippen molar-refractivity contribution in [2.45, 2.75) is 20.3 Å².